The summed E-state index contributed by atoms with van der Waals surface area (Å²) in [7, 11) is 1.50. The summed E-state index contributed by atoms with van der Waals surface area (Å²) in [6.45, 7) is 6.96. The molecule has 0 saturated carbocycles. The molecule has 3 unspecified atom stereocenters. The SMILES string of the molecule is CCCC/C=C\CCCCCCCC(=O)OC(/C=C/CCCCCCCCCCC)C(COP(=O)(O)OCC[N+](C)(C)C)NC(=O)CCCCCCCCCCCCCCCC. The van der Waals surface area contributed by atoms with Crippen molar-refractivity contribution in [3.8, 4) is 0 Å². The quantitative estimate of drug-likeness (QED) is 0.0206. The first-order chi connectivity index (χ1) is 29.9. The van der Waals surface area contributed by atoms with Gasteiger partial charge in [-0.15, -0.1) is 0 Å². The van der Waals surface area contributed by atoms with Crippen LogP contribution in [-0.2, 0) is 27.9 Å². The second-order valence-electron chi connectivity index (χ2n) is 19.1. The molecule has 0 rings (SSSR count). The molecule has 0 aromatic carbocycles. The molecule has 62 heavy (non-hydrogen) atoms. The van der Waals surface area contributed by atoms with Gasteiger partial charge in [0.15, 0.2) is 0 Å². The van der Waals surface area contributed by atoms with Crippen molar-refractivity contribution in [2.45, 2.75) is 258 Å². The first-order valence-electron chi connectivity index (χ1n) is 26.2. The number of phosphoric acid groups is 1. The van der Waals surface area contributed by atoms with E-state index in [0.29, 0.717) is 17.4 Å². The molecule has 0 aliphatic heterocycles. The van der Waals surface area contributed by atoms with Crippen molar-refractivity contribution in [2.24, 2.45) is 0 Å². The Morgan fingerprint density at radius 3 is 1.42 bits per heavy atom. The topological polar surface area (TPSA) is 111 Å². The Morgan fingerprint density at radius 1 is 0.548 bits per heavy atom. The normalized spacial score (nSPS) is 14.1. The third-order valence-corrected chi connectivity index (χ3v) is 12.6. The molecule has 9 nitrogen and oxygen atoms in total. The van der Waals surface area contributed by atoms with Crippen LogP contribution in [0.2, 0.25) is 0 Å². The largest absolute Gasteiger partial charge is 0.472 e. The predicted molar refractivity (Wildman–Crippen MR) is 263 cm³/mol. The van der Waals surface area contributed by atoms with Gasteiger partial charge in [0.25, 0.3) is 0 Å². The van der Waals surface area contributed by atoms with E-state index < -0.39 is 20.0 Å². The van der Waals surface area contributed by atoms with Crippen molar-refractivity contribution < 1.29 is 37.3 Å². The molecule has 0 spiro atoms. The summed E-state index contributed by atoms with van der Waals surface area (Å²) in [5, 5.41) is 3.03. The minimum Gasteiger partial charge on any atom is -0.456 e. The number of quaternary nitrogens is 1. The molecular formula is C52H102N2O7P+. The van der Waals surface area contributed by atoms with Crippen LogP contribution in [0.15, 0.2) is 24.3 Å². The lowest BCUT2D eigenvalue weighted by Gasteiger charge is -2.27. The number of nitrogens with one attached hydrogen (secondary N) is 1. The number of hydrogen-bond acceptors (Lipinski definition) is 6. The minimum absolute atomic E-state index is 0.0418. The van der Waals surface area contributed by atoms with Crippen LogP contribution in [0, 0.1) is 0 Å². The third-order valence-electron chi connectivity index (χ3n) is 11.6. The predicted octanol–water partition coefficient (Wildman–Crippen LogP) is 15.0. The molecule has 366 valence electrons. The molecule has 0 heterocycles. The van der Waals surface area contributed by atoms with E-state index in [1.807, 2.05) is 33.3 Å². The fourth-order valence-corrected chi connectivity index (χ4v) is 8.24. The van der Waals surface area contributed by atoms with Gasteiger partial charge in [-0.2, -0.15) is 0 Å². The van der Waals surface area contributed by atoms with Crippen molar-refractivity contribution in [1.82, 2.24) is 5.32 Å². The van der Waals surface area contributed by atoms with Crippen LogP contribution in [0.3, 0.4) is 0 Å². The average Bonchev–Trinajstić information content (AvgIpc) is 3.22. The fourth-order valence-electron chi connectivity index (χ4n) is 7.51. The molecule has 0 radical (unpaired) electrons. The van der Waals surface area contributed by atoms with Gasteiger partial charge in [-0.3, -0.25) is 18.6 Å². The van der Waals surface area contributed by atoms with E-state index in [1.165, 1.54) is 128 Å². The Hall–Kier alpha value is -1.51. The molecular weight excluding hydrogens is 796 g/mol. The van der Waals surface area contributed by atoms with Gasteiger partial charge >= 0.3 is 13.8 Å². The van der Waals surface area contributed by atoms with Gasteiger partial charge in [-0.1, -0.05) is 206 Å². The molecule has 0 bridgehead atoms. The number of carbonyl (C=O) groups is 2. The van der Waals surface area contributed by atoms with Gasteiger partial charge in [-0.25, -0.2) is 4.57 Å². The summed E-state index contributed by atoms with van der Waals surface area (Å²) < 4.78 is 30.5. The van der Waals surface area contributed by atoms with Crippen LogP contribution < -0.4 is 5.32 Å². The highest BCUT2D eigenvalue weighted by Gasteiger charge is 2.30. The van der Waals surface area contributed by atoms with Crippen molar-refractivity contribution >= 4 is 19.7 Å². The molecule has 1 amide bonds. The van der Waals surface area contributed by atoms with Gasteiger partial charge in [0.2, 0.25) is 5.91 Å². The van der Waals surface area contributed by atoms with Crippen molar-refractivity contribution in [2.75, 3.05) is 40.9 Å². The highest BCUT2D eigenvalue weighted by molar-refractivity contribution is 7.47. The maximum atomic E-state index is 13.4. The van der Waals surface area contributed by atoms with Crippen LogP contribution >= 0.6 is 7.82 Å². The van der Waals surface area contributed by atoms with Crippen LogP contribution in [0.25, 0.3) is 0 Å². The Bertz CT molecular complexity index is 1120. The number of ether oxygens (including phenoxy) is 1. The summed E-state index contributed by atoms with van der Waals surface area (Å²) in [6, 6.07) is -0.842. The number of likely N-dealkylation sites (N-methyl/N-ethyl adjacent to an activating group) is 1. The standard InChI is InChI=1S/C52H101N2O7P/c1-7-10-13-16-19-22-25-26-27-30-32-35-38-41-44-51(55)53-49(48-60-62(57,58)59-47-46-54(4,5)6)50(43-40-37-34-31-28-23-20-17-14-11-8-2)61-52(56)45-42-39-36-33-29-24-21-18-15-12-9-3/h18,21,40,43,49-50H,7-17,19-20,22-39,41-42,44-48H2,1-6H3,(H-,53,55,57,58)/p+1/b21-18-,43-40+. The smallest absolute Gasteiger partial charge is 0.456 e. The number of allylic oxidation sites excluding steroid dienone is 3. The zero-order chi connectivity index (χ0) is 45.8. The monoisotopic (exact) mass is 898 g/mol. The molecule has 2 N–H and O–H groups in total. The Kier molecular flexibility index (Phi) is 42.3. The molecule has 0 aliphatic carbocycles. The van der Waals surface area contributed by atoms with Gasteiger partial charge in [0, 0.05) is 12.8 Å². The highest BCUT2D eigenvalue weighted by atomic mass is 31.2. The number of carbonyl (C=O) groups excluding carboxylic acids is 2. The minimum atomic E-state index is -4.43. The zero-order valence-corrected chi connectivity index (χ0v) is 42.5. The maximum absolute atomic E-state index is 13.4. The summed E-state index contributed by atoms with van der Waals surface area (Å²) in [6.07, 6.45) is 47.4. The summed E-state index contributed by atoms with van der Waals surface area (Å²) >= 11 is 0. The number of nitrogens with zero attached hydrogens (tertiary/aromatic N) is 1. The summed E-state index contributed by atoms with van der Waals surface area (Å²) in [5.74, 6) is -0.510. The van der Waals surface area contributed by atoms with Crippen LogP contribution in [0.4, 0.5) is 0 Å². The van der Waals surface area contributed by atoms with Crippen LogP contribution in [0.5, 0.6) is 0 Å². The van der Waals surface area contributed by atoms with Crippen molar-refractivity contribution in [3.05, 3.63) is 24.3 Å². The van der Waals surface area contributed by atoms with Gasteiger partial charge < -0.3 is 19.4 Å². The van der Waals surface area contributed by atoms with Gasteiger partial charge in [0.05, 0.1) is 33.8 Å². The number of esters is 1. The second kappa shape index (κ2) is 43.4. The number of hydrogen-bond donors (Lipinski definition) is 2. The van der Waals surface area contributed by atoms with E-state index in [9.17, 15) is 19.0 Å². The molecule has 0 aromatic rings. The number of amides is 1. The number of rotatable bonds is 47. The first kappa shape index (κ1) is 60.5. The molecule has 0 saturated heterocycles. The van der Waals surface area contributed by atoms with Crippen molar-refractivity contribution in [1.29, 1.82) is 0 Å². The summed E-state index contributed by atoms with van der Waals surface area (Å²) in [5.41, 5.74) is 0. The molecule has 0 fully saturated rings. The van der Waals surface area contributed by atoms with E-state index in [1.54, 1.807) is 0 Å². The first-order valence-corrected chi connectivity index (χ1v) is 27.7. The molecule has 0 aliphatic rings. The Morgan fingerprint density at radius 2 is 0.952 bits per heavy atom. The molecule has 0 aromatic heterocycles. The Labute approximate surface area is 383 Å². The lowest BCUT2D eigenvalue weighted by molar-refractivity contribution is -0.870. The van der Waals surface area contributed by atoms with Crippen LogP contribution in [0.1, 0.15) is 245 Å². The fraction of sp³-hybridized carbons (Fsp3) is 0.885. The lowest BCUT2D eigenvalue weighted by atomic mass is 10.0. The zero-order valence-electron chi connectivity index (χ0n) is 41.6. The average molecular weight is 898 g/mol. The Balaban J connectivity index is 5.39. The van der Waals surface area contributed by atoms with E-state index in [0.717, 1.165) is 83.5 Å². The third kappa shape index (κ3) is 43.7. The van der Waals surface area contributed by atoms with E-state index in [4.69, 9.17) is 13.8 Å². The lowest BCUT2D eigenvalue weighted by Crippen LogP contribution is -2.47. The van der Waals surface area contributed by atoms with E-state index in [-0.39, 0.29) is 31.5 Å². The number of unbranched alkanes of at least 4 members (excludes halogenated alkanes) is 29. The van der Waals surface area contributed by atoms with Gasteiger partial charge in [0.1, 0.15) is 19.3 Å². The highest BCUT2D eigenvalue weighted by Crippen LogP contribution is 2.43. The van der Waals surface area contributed by atoms with Crippen molar-refractivity contribution in [3.63, 3.8) is 0 Å². The molecule has 10 heteroatoms. The van der Waals surface area contributed by atoms with Gasteiger partial charge in [-0.05, 0) is 51.0 Å². The van der Waals surface area contributed by atoms with E-state index in [2.05, 4.69) is 38.2 Å². The maximum Gasteiger partial charge on any atom is 0.472 e. The number of phosphoric ester groups is 1. The van der Waals surface area contributed by atoms with Crippen LogP contribution in [-0.4, -0.2) is 74.3 Å². The molecule has 3 atom stereocenters. The second-order valence-corrected chi connectivity index (χ2v) is 20.5. The van der Waals surface area contributed by atoms with E-state index >= 15 is 0 Å². The summed E-state index contributed by atoms with van der Waals surface area (Å²) in [4.78, 5) is 37.3.